The molecule has 0 unspecified atom stereocenters. The van der Waals surface area contributed by atoms with E-state index in [0.717, 1.165) is 10.0 Å². The molecule has 0 heterocycles. The van der Waals surface area contributed by atoms with Crippen LogP contribution >= 0.6 is 28.6 Å². The number of hydrogen-bond acceptors (Lipinski definition) is 2. The van der Waals surface area contributed by atoms with Crippen molar-refractivity contribution in [2.24, 2.45) is 0 Å². The summed E-state index contributed by atoms with van der Waals surface area (Å²) in [4.78, 5) is 12.1. The second kappa shape index (κ2) is 5.52. The SMILES string of the molecule is O=C(c1ccc(Br)cc1)c1ccc(CS)cc1. The zero-order valence-electron chi connectivity index (χ0n) is 9.06. The van der Waals surface area contributed by atoms with Gasteiger partial charge in [-0.3, -0.25) is 4.79 Å². The summed E-state index contributed by atoms with van der Waals surface area (Å²) in [6.07, 6.45) is 0. The van der Waals surface area contributed by atoms with Gasteiger partial charge in [-0.2, -0.15) is 12.6 Å². The van der Waals surface area contributed by atoms with Crippen molar-refractivity contribution in [2.75, 3.05) is 0 Å². The average molecular weight is 307 g/mol. The van der Waals surface area contributed by atoms with E-state index in [9.17, 15) is 4.79 Å². The molecule has 2 rings (SSSR count). The van der Waals surface area contributed by atoms with E-state index >= 15 is 0 Å². The van der Waals surface area contributed by atoms with Crippen molar-refractivity contribution >= 4 is 34.3 Å². The van der Waals surface area contributed by atoms with Crippen LogP contribution in [0.5, 0.6) is 0 Å². The van der Waals surface area contributed by atoms with E-state index in [4.69, 9.17) is 0 Å². The summed E-state index contributed by atoms with van der Waals surface area (Å²) in [7, 11) is 0. The molecule has 86 valence electrons. The van der Waals surface area contributed by atoms with Crippen molar-refractivity contribution in [1.29, 1.82) is 0 Å². The first kappa shape index (κ1) is 12.4. The molecule has 0 fully saturated rings. The molecule has 0 atom stereocenters. The molecule has 2 aromatic rings. The fourth-order valence-electron chi connectivity index (χ4n) is 1.53. The van der Waals surface area contributed by atoms with Crippen LogP contribution in [0.4, 0.5) is 0 Å². The number of thiol groups is 1. The molecule has 0 saturated carbocycles. The third kappa shape index (κ3) is 2.99. The minimum absolute atomic E-state index is 0.0446. The number of hydrogen-bond donors (Lipinski definition) is 1. The minimum atomic E-state index is 0.0446. The Morgan fingerprint density at radius 3 is 1.88 bits per heavy atom. The summed E-state index contributed by atoms with van der Waals surface area (Å²) in [6, 6.07) is 14.9. The second-order valence-corrected chi connectivity index (χ2v) is 4.92. The Morgan fingerprint density at radius 2 is 1.41 bits per heavy atom. The number of benzene rings is 2. The Morgan fingerprint density at radius 1 is 0.941 bits per heavy atom. The third-order valence-corrected chi connectivity index (χ3v) is 3.40. The first-order valence-corrected chi connectivity index (χ1v) is 6.63. The van der Waals surface area contributed by atoms with Gasteiger partial charge in [0.15, 0.2) is 5.78 Å². The van der Waals surface area contributed by atoms with Gasteiger partial charge in [-0.25, -0.2) is 0 Å². The lowest BCUT2D eigenvalue weighted by atomic mass is 10.0. The summed E-state index contributed by atoms with van der Waals surface area (Å²) in [6.45, 7) is 0. The van der Waals surface area contributed by atoms with Crippen molar-refractivity contribution in [3.8, 4) is 0 Å². The summed E-state index contributed by atoms with van der Waals surface area (Å²) in [5.41, 5.74) is 2.52. The monoisotopic (exact) mass is 306 g/mol. The van der Waals surface area contributed by atoms with Gasteiger partial charge in [0.25, 0.3) is 0 Å². The fourth-order valence-corrected chi connectivity index (χ4v) is 2.00. The maximum Gasteiger partial charge on any atom is 0.193 e. The molecule has 17 heavy (non-hydrogen) atoms. The summed E-state index contributed by atoms with van der Waals surface area (Å²) in [5, 5.41) is 0. The number of carbonyl (C=O) groups excluding carboxylic acids is 1. The first-order chi connectivity index (χ1) is 8.20. The van der Waals surface area contributed by atoms with Crippen LogP contribution in [-0.4, -0.2) is 5.78 Å². The van der Waals surface area contributed by atoms with Crippen molar-refractivity contribution in [3.05, 3.63) is 69.7 Å². The maximum atomic E-state index is 12.1. The average Bonchev–Trinajstić information content (AvgIpc) is 2.39. The van der Waals surface area contributed by atoms with Crippen molar-refractivity contribution in [3.63, 3.8) is 0 Å². The van der Waals surface area contributed by atoms with Crippen LogP contribution in [0.2, 0.25) is 0 Å². The predicted octanol–water partition coefficient (Wildman–Crippen LogP) is 4.11. The van der Waals surface area contributed by atoms with Crippen LogP contribution in [0.25, 0.3) is 0 Å². The van der Waals surface area contributed by atoms with Crippen LogP contribution in [0.1, 0.15) is 21.5 Å². The molecule has 1 nitrogen and oxygen atoms in total. The largest absolute Gasteiger partial charge is 0.289 e. The molecule has 0 amide bonds. The van der Waals surface area contributed by atoms with Crippen molar-refractivity contribution < 1.29 is 4.79 Å². The van der Waals surface area contributed by atoms with E-state index in [1.807, 2.05) is 48.5 Å². The van der Waals surface area contributed by atoms with E-state index < -0.39 is 0 Å². The number of rotatable bonds is 3. The zero-order valence-corrected chi connectivity index (χ0v) is 11.5. The van der Waals surface area contributed by atoms with E-state index in [0.29, 0.717) is 16.9 Å². The molecular formula is C14H11BrOS. The topological polar surface area (TPSA) is 17.1 Å². The lowest BCUT2D eigenvalue weighted by Crippen LogP contribution is -2.00. The van der Waals surface area contributed by atoms with Gasteiger partial charge in [0.2, 0.25) is 0 Å². The Hall–Kier alpha value is -1.06. The highest BCUT2D eigenvalue weighted by Crippen LogP contribution is 2.15. The van der Waals surface area contributed by atoms with E-state index in [1.54, 1.807) is 0 Å². The first-order valence-electron chi connectivity index (χ1n) is 5.21. The normalized spacial score (nSPS) is 10.2. The minimum Gasteiger partial charge on any atom is -0.289 e. The molecule has 2 aromatic carbocycles. The molecule has 0 aromatic heterocycles. The summed E-state index contributed by atoms with van der Waals surface area (Å²) >= 11 is 7.54. The van der Waals surface area contributed by atoms with Crippen LogP contribution < -0.4 is 0 Å². The molecule has 0 spiro atoms. The Bertz CT molecular complexity index is 517. The number of halogens is 1. The van der Waals surface area contributed by atoms with Gasteiger partial charge >= 0.3 is 0 Å². The summed E-state index contributed by atoms with van der Waals surface area (Å²) < 4.78 is 0.972. The highest BCUT2D eigenvalue weighted by atomic mass is 79.9. The molecule has 0 radical (unpaired) electrons. The Balaban J connectivity index is 2.27. The molecule has 0 aliphatic rings. The van der Waals surface area contributed by atoms with E-state index in [1.165, 1.54) is 0 Å². The third-order valence-electron chi connectivity index (χ3n) is 2.51. The van der Waals surface area contributed by atoms with Gasteiger partial charge in [-0.05, 0) is 29.8 Å². The summed E-state index contributed by atoms with van der Waals surface area (Å²) in [5.74, 6) is 0.732. The van der Waals surface area contributed by atoms with Gasteiger partial charge < -0.3 is 0 Å². The molecule has 0 saturated heterocycles. The highest BCUT2D eigenvalue weighted by molar-refractivity contribution is 9.10. The van der Waals surface area contributed by atoms with Crippen molar-refractivity contribution in [1.82, 2.24) is 0 Å². The van der Waals surface area contributed by atoms with E-state index in [-0.39, 0.29) is 5.78 Å². The van der Waals surface area contributed by atoms with Crippen LogP contribution in [0.3, 0.4) is 0 Å². The van der Waals surface area contributed by atoms with Gasteiger partial charge in [0, 0.05) is 21.4 Å². The van der Waals surface area contributed by atoms with E-state index in [2.05, 4.69) is 28.6 Å². The van der Waals surface area contributed by atoms with Crippen LogP contribution in [0.15, 0.2) is 53.0 Å². The molecule has 3 heteroatoms. The maximum absolute atomic E-state index is 12.1. The van der Waals surface area contributed by atoms with Gasteiger partial charge in [0.1, 0.15) is 0 Å². The number of ketones is 1. The Kier molecular flexibility index (Phi) is 4.02. The molecule has 0 N–H and O–H groups in total. The number of carbonyl (C=O) groups is 1. The van der Waals surface area contributed by atoms with Crippen LogP contribution in [0, 0.1) is 0 Å². The lowest BCUT2D eigenvalue weighted by Gasteiger charge is -2.02. The quantitative estimate of drug-likeness (QED) is 0.667. The molecule has 0 aliphatic carbocycles. The van der Waals surface area contributed by atoms with Gasteiger partial charge in [-0.15, -0.1) is 0 Å². The fraction of sp³-hybridized carbons (Fsp3) is 0.0714. The highest BCUT2D eigenvalue weighted by Gasteiger charge is 2.08. The zero-order chi connectivity index (χ0) is 12.3. The van der Waals surface area contributed by atoms with Gasteiger partial charge in [-0.1, -0.05) is 40.2 Å². The standard InChI is InChI=1S/C14H11BrOS/c15-13-7-5-12(6-8-13)14(16)11-3-1-10(9-17)2-4-11/h1-8,17H,9H2. The predicted molar refractivity (Wildman–Crippen MR) is 76.7 cm³/mol. The van der Waals surface area contributed by atoms with Crippen LogP contribution in [-0.2, 0) is 5.75 Å². The molecule has 0 aliphatic heterocycles. The van der Waals surface area contributed by atoms with Gasteiger partial charge in [0.05, 0.1) is 0 Å². The molecular weight excluding hydrogens is 296 g/mol. The Labute approximate surface area is 114 Å². The smallest absolute Gasteiger partial charge is 0.193 e. The lowest BCUT2D eigenvalue weighted by molar-refractivity contribution is 0.103. The molecule has 0 bridgehead atoms. The second-order valence-electron chi connectivity index (χ2n) is 3.69. The van der Waals surface area contributed by atoms with Crippen molar-refractivity contribution in [2.45, 2.75) is 5.75 Å².